The maximum absolute atomic E-state index is 13.3. The first-order chi connectivity index (χ1) is 11.4. The van der Waals surface area contributed by atoms with Crippen molar-refractivity contribution in [2.75, 3.05) is 7.05 Å². The van der Waals surface area contributed by atoms with Crippen LogP contribution >= 0.6 is 15.9 Å². The second kappa shape index (κ2) is 6.93. The average Bonchev–Trinajstić information content (AvgIpc) is 3.37. The van der Waals surface area contributed by atoms with Crippen LogP contribution in [0.4, 0.5) is 10.1 Å². The van der Waals surface area contributed by atoms with E-state index in [9.17, 15) is 4.39 Å². The first kappa shape index (κ1) is 17.0. The summed E-state index contributed by atoms with van der Waals surface area (Å²) in [5.74, 6) is 1.04. The highest BCUT2D eigenvalue weighted by Gasteiger charge is 2.24. The molecule has 1 fully saturated rings. The summed E-state index contributed by atoms with van der Waals surface area (Å²) in [4.78, 5) is 6.75. The van der Waals surface area contributed by atoms with Crippen molar-refractivity contribution >= 4 is 28.0 Å². The van der Waals surface area contributed by atoms with E-state index < -0.39 is 0 Å². The molecule has 2 aromatic carbocycles. The highest BCUT2D eigenvalue weighted by molar-refractivity contribution is 9.10. The van der Waals surface area contributed by atoms with Crippen molar-refractivity contribution in [2.45, 2.75) is 32.7 Å². The van der Waals surface area contributed by atoms with E-state index in [0.717, 1.165) is 22.6 Å². The molecular weight excluding hydrogens is 371 g/mol. The normalized spacial score (nSPS) is 14.2. The molecular formula is C19H20BrFN2O. The molecule has 0 spiro atoms. The van der Waals surface area contributed by atoms with Crippen molar-refractivity contribution in [3.63, 3.8) is 0 Å². The molecule has 0 N–H and O–H groups in total. The third kappa shape index (κ3) is 3.96. The second-order valence-corrected chi connectivity index (χ2v) is 7.08. The molecule has 0 aromatic heterocycles. The lowest BCUT2D eigenvalue weighted by atomic mass is 10.1. The van der Waals surface area contributed by atoms with Crippen LogP contribution in [0.25, 0.3) is 0 Å². The van der Waals surface area contributed by atoms with Gasteiger partial charge in [-0.1, -0.05) is 0 Å². The van der Waals surface area contributed by atoms with E-state index in [4.69, 9.17) is 4.74 Å². The Labute approximate surface area is 150 Å². The quantitative estimate of drug-likeness (QED) is 0.479. The van der Waals surface area contributed by atoms with Crippen LogP contribution < -0.4 is 4.74 Å². The van der Waals surface area contributed by atoms with E-state index in [-0.39, 0.29) is 5.82 Å². The summed E-state index contributed by atoms with van der Waals surface area (Å²) in [5.41, 5.74) is 2.96. The molecule has 1 saturated carbocycles. The van der Waals surface area contributed by atoms with Gasteiger partial charge in [0.2, 0.25) is 0 Å². The molecule has 5 heteroatoms. The van der Waals surface area contributed by atoms with Gasteiger partial charge in [-0.2, -0.15) is 0 Å². The molecule has 24 heavy (non-hydrogen) atoms. The summed E-state index contributed by atoms with van der Waals surface area (Å²) in [6.45, 7) is 3.99. The zero-order chi connectivity index (χ0) is 17.3. The van der Waals surface area contributed by atoms with Crippen LogP contribution in [-0.4, -0.2) is 24.3 Å². The van der Waals surface area contributed by atoms with Crippen molar-refractivity contribution < 1.29 is 9.13 Å². The zero-order valence-electron chi connectivity index (χ0n) is 14.0. The minimum Gasteiger partial charge on any atom is -0.457 e. The van der Waals surface area contributed by atoms with Crippen LogP contribution in [0.5, 0.6) is 11.5 Å². The van der Waals surface area contributed by atoms with Gasteiger partial charge < -0.3 is 9.64 Å². The lowest BCUT2D eigenvalue weighted by molar-refractivity contribution is 0.476. The molecule has 0 radical (unpaired) electrons. The number of aliphatic imine (C=N–C) groups is 1. The van der Waals surface area contributed by atoms with Gasteiger partial charge >= 0.3 is 0 Å². The lowest BCUT2D eigenvalue weighted by Gasteiger charge is -2.13. The van der Waals surface area contributed by atoms with Gasteiger partial charge in [0, 0.05) is 13.1 Å². The van der Waals surface area contributed by atoms with Crippen molar-refractivity contribution in [2.24, 2.45) is 4.99 Å². The molecule has 0 aliphatic heterocycles. The SMILES string of the molecule is Cc1cc(Oc2ccc(F)c(Br)c2)c(C)cc1N=CN(C)C1CC1. The zero-order valence-corrected chi connectivity index (χ0v) is 15.6. The van der Waals surface area contributed by atoms with Crippen LogP contribution in [0.15, 0.2) is 39.8 Å². The van der Waals surface area contributed by atoms with Gasteiger partial charge in [-0.25, -0.2) is 9.38 Å². The van der Waals surface area contributed by atoms with Crippen molar-refractivity contribution in [1.82, 2.24) is 4.90 Å². The Balaban J connectivity index is 1.79. The molecule has 1 aliphatic rings. The summed E-state index contributed by atoms with van der Waals surface area (Å²) < 4.78 is 19.6. The van der Waals surface area contributed by atoms with Gasteiger partial charge in [0.25, 0.3) is 0 Å². The van der Waals surface area contributed by atoms with Crippen LogP contribution in [0, 0.1) is 19.7 Å². The monoisotopic (exact) mass is 390 g/mol. The molecule has 2 aromatic rings. The molecule has 0 amide bonds. The van der Waals surface area contributed by atoms with E-state index in [2.05, 4.69) is 32.9 Å². The first-order valence-electron chi connectivity index (χ1n) is 7.94. The molecule has 0 saturated heterocycles. The first-order valence-corrected chi connectivity index (χ1v) is 8.73. The van der Waals surface area contributed by atoms with Gasteiger partial charge in [0.15, 0.2) is 0 Å². The minimum atomic E-state index is -0.306. The van der Waals surface area contributed by atoms with Crippen LogP contribution in [0.2, 0.25) is 0 Å². The Kier molecular flexibility index (Phi) is 4.90. The van der Waals surface area contributed by atoms with Crippen LogP contribution in [-0.2, 0) is 0 Å². The number of ether oxygens (including phenoxy) is 1. The number of hydrogen-bond acceptors (Lipinski definition) is 2. The third-order valence-corrected chi connectivity index (χ3v) is 4.72. The fourth-order valence-corrected chi connectivity index (χ4v) is 2.78. The maximum atomic E-state index is 13.3. The van der Waals surface area contributed by atoms with Crippen molar-refractivity contribution in [1.29, 1.82) is 0 Å². The number of hydrogen-bond donors (Lipinski definition) is 0. The summed E-state index contributed by atoms with van der Waals surface area (Å²) >= 11 is 3.18. The Morgan fingerprint density at radius 2 is 1.96 bits per heavy atom. The molecule has 0 unspecified atom stereocenters. The summed E-state index contributed by atoms with van der Waals surface area (Å²) in [6, 6.07) is 9.26. The Morgan fingerprint density at radius 3 is 2.62 bits per heavy atom. The predicted molar refractivity (Wildman–Crippen MR) is 99.0 cm³/mol. The lowest BCUT2D eigenvalue weighted by Crippen LogP contribution is -2.17. The Hall–Kier alpha value is -1.88. The summed E-state index contributed by atoms with van der Waals surface area (Å²) in [5, 5.41) is 0. The Bertz CT molecular complexity index is 787. The van der Waals surface area contributed by atoms with E-state index in [1.54, 1.807) is 12.1 Å². The van der Waals surface area contributed by atoms with Gasteiger partial charge in [-0.05, 0) is 84.1 Å². The van der Waals surface area contributed by atoms with Crippen molar-refractivity contribution in [3.8, 4) is 11.5 Å². The molecule has 0 bridgehead atoms. The summed E-state index contributed by atoms with van der Waals surface area (Å²) in [7, 11) is 2.06. The minimum absolute atomic E-state index is 0.306. The highest BCUT2D eigenvalue weighted by atomic mass is 79.9. The van der Waals surface area contributed by atoms with Gasteiger partial charge in [0.05, 0.1) is 16.5 Å². The van der Waals surface area contributed by atoms with E-state index in [1.165, 1.54) is 18.9 Å². The van der Waals surface area contributed by atoms with E-state index in [0.29, 0.717) is 16.3 Å². The topological polar surface area (TPSA) is 24.8 Å². The molecule has 0 heterocycles. The number of rotatable bonds is 5. The number of halogens is 2. The fourth-order valence-electron chi connectivity index (χ4n) is 2.42. The molecule has 3 rings (SSSR count). The van der Waals surface area contributed by atoms with Gasteiger partial charge in [0.1, 0.15) is 17.3 Å². The standard InChI is InChI=1S/C19H20BrFN2O/c1-12-9-19(24-15-6-7-17(21)16(20)10-15)13(2)8-18(12)22-11-23(3)14-4-5-14/h6-11,14H,4-5H2,1-3H3. The fraction of sp³-hybridized carbons (Fsp3) is 0.316. The Morgan fingerprint density at radius 1 is 1.21 bits per heavy atom. The largest absolute Gasteiger partial charge is 0.457 e. The summed E-state index contributed by atoms with van der Waals surface area (Å²) in [6.07, 6.45) is 4.40. The highest BCUT2D eigenvalue weighted by Crippen LogP contribution is 2.33. The van der Waals surface area contributed by atoms with Gasteiger partial charge in [-0.15, -0.1) is 0 Å². The molecule has 3 nitrogen and oxygen atoms in total. The smallest absolute Gasteiger partial charge is 0.137 e. The predicted octanol–water partition coefficient (Wildman–Crippen LogP) is 5.75. The van der Waals surface area contributed by atoms with E-state index in [1.807, 2.05) is 32.3 Å². The maximum Gasteiger partial charge on any atom is 0.137 e. The second-order valence-electron chi connectivity index (χ2n) is 6.22. The third-order valence-electron chi connectivity index (χ3n) is 4.11. The molecule has 126 valence electrons. The van der Waals surface area contributed by atoms with E-state index >= 15 is 0 Å². The molecule has 0 atom stereocenters. The van der Waals surface area contributed by atoms with Crippen molar-refractivity contribution in [3.05, 3.63) is 51.7 Å². The number of nitrogens with zero attached hydrogens (tertiary/aromatic N) is 2. The average molecular weight is 391 g/mol. The van der Waals surface area contributed by atoms with Crippen LogP contribution in [0.3, 0.4) is 0 Å². The number of aryl methyl sites for hydroxylation is 2. The molecule has 1 aliphatic carbocycles. The van der Waals surface area contributed by atoms with Gasteiger partial charge in [-0.3, -0.25) is 0 Å². The number of benzene rings is 2. The van der Waals surface area contributed by atoms with Crippen LogP contribution in [0.1, 0.15) is 24.0 Å².